The minimum Gasteiger partial charge on any atom is -0.504 e. The lowest BCUT2D eigenvalue weighted by molar-refractivity contribution is 0.403. The molecule has 0 unspecified atom stereocenters. The van der Waals surface area contributed by atoms with Crippen LogP contribution in [-0.4, -0.2) is 39.6 Å². The van der Waals surface area contributed by atoms with E-state index in [-0.39, 0.29) is 29.5 Å². The van der Waals surface area contributed by atoms with Gasteiger partial charge in [0.15, 0.2) is 11.5 Å². The van der Waals surface area contributed by atoms with Gasteiger partial charge >= 0.3 is 0 Å². The standard InChI is InChI=1S/C21H21N3O4/c25-18-6-3-13(9-19(18)26)11-22-12-17-16-10-14(24-7-1-2-8-24)4-5-15(16)20(27)23-21(17)28/h3-6,9-10,12,25-26H,1-2,7-8,11H2,(H2,23,27,28). The van der Waals surface area contributed by atoms with Crippen LogP contribution in [0, 0.1) is 0 Å². The van der Waals surface area contributed by atoms with E-state index in [1.807, 2.05) is 12.1 Å². The molecule has 0 saturated carbocycles. The van der Waals surface area contributed by atoms with Gasteiger partial charge in [0.25, 0.3) is 5.56 Å². The Morgan fingerprint density at radius 3 is 2.54 bits per heavy atom. The van der Waals surface area contributed by atoms with Crippen LogP contribution in [0.2, 0.25) is 0 Å². The van der Waals surface area contributed by atoms with Gasteiger partial charge in [0.2, 0.25) is 5.88 Å². The van der Waals surface area contributed by atoms with Crippen molar-refractivity contribution in [2.24, 2.45) is 4.99 Å². The molecule has 0 spiro atoms. The molecule has 2 aromatic carbocycles. The number of rotatable bonds is 4. The first-order valence-electron chi connectivity index (χ1n) is 9.17. The van der Waals surface area contributed by atoms with E-state index in [4.69, 9.17) is 0 Å². The molecule has 7 heteroatoms. The number of fused-ring (bicyclic) bond motifs is 1. The number of nitrogens with one attached hydrogen (secondary N) is 1. The first-order valence-corrected chi connectivity index (χ1v) is 9.17. The Bertz CT molecular complexity index is 1110. The van der Waals surface area contributed by atoms with Crippen LogP contribution in [0.3, 0.4) is 0 Å². The molecule has 1 saturated heterocycles. The molecular formula is C21H21N3O4. The average molecular weight is 379 g/mol. The van der Waals surface area contributed by atoms with Gasteiger partial charge < -0.3 is 20.2 Å². The number of hydrogen-bond acceptors (Lipinski definition) is 6. The van der Waals surface area contributed by atoms with Crippen molar-refractivity contribution in [2.45, 2.75) is 19.4 Å². The van der Waals surface area contributed by atoms with Gasteiger partial charge in [0.1, 0.15) is 0 Å². The van der Waals surface area contributed by atoms with Gasteiger partial charge in [0.05, 0.1) is 12.1 Å². The molecule has 144 valence electrons. The van der Waals surface area contributed by atoms with E-state index in [0.29, 0.717) is 21.9 Å². The highest BCUT2D eigenvalue weighted by Crippen LogP contribution is 2.28. The summed E-state index contributed by atoms with van der Waals surface area (Å²) in [7, 11) is 0. The lowest BCUT2D eigenvalue weighted by atomic mass is 10.1. The van der Waals surface area contributed by atoms with E-state index in [1.54, 1.807) is 12.1 Å². The van der Waals surface area contributed by atoms with Crippen molar-refractivity contribution in [1.29, 1.82) is 0 Å². The number of aliphatic imine (C=N–C) groups is 1. The van der Waals surface area contributed by atoms with Crippen LogP contribution in [-0.2, 0) is 6.54 Å². The fraction of sp³-hybridized carbons (Fsp3) is 0.238. The van der Waals surface area contributed by atoms with E-state index in [9.17, 15) is 20.1 Å². The Kier molecular flexibility index (Phi) is 4.65. The van der Waals surface area contributed by atoms with Crippen LogP contribution in [0.25, 0.3) is 10.8 Å². The highest BCUT2D eigenvalue weighted by atomic mass is 16.3. The number of hydrogen-bond donors (Lipinski definition) is 4. The van der Waals surface area contributed by atoms with Crippen molar-refractivity contribution in [2.75, 3.05) is 18.0 Å². The number of pyridine rings is 1. The number of aromatic nitrogens is 1. The molecule has 0 radical (unpaired) electrons. The van der Waals surface area contributed by atoms with E-state index < -0.39 is 0 Å². The number of phenolic OH excluding ortho intramolecular Hbond substituents is 2. The molecule has 0 bridgehead atoms. The lowest BCUT2D eigenvalue weighted by Crippen LogP contribution is -2.18. The summed E-state index contributed by atoms with van der Waals surface area (Å²) >= 11 is 0. The van der Waals surface area contributed by atoms with Gasteiger partial charge in [-0.1, -0.05) is 6.07 Å². The molecule has 1 aliphatic rings. The molecule has 0 atom stereocenters. The predicted octanol–water partition coefficient (Wildman–Crippen LogP) is 2.86. The van der Waals surface area contributed by atoms with Gasteiger partial charge in [0, 0.05) is 35.8 Å². The SMILES string of the molecule is O=c1[nH]c(O)c(C=NCc2ccc(O)c(O)c2)c2cc(N3CCCC3)ccc12. The third-order valence-electron chi connectivity index (χ3n) is 5.03. The van der Waals surface area contributed by atoms with Gasteiger partial charge in [-0.25, -0.2) is 0 Å². The number of nitrogens with zero attached hydrogens (tertiary/aromatic N) is 2. The minimum atomic E-state index is -0.346. The van der Waals surface area contributed by atoms with Crippen molar-refractivity contribution in [3.8, 4) is 17.4 Å². The summed E-state index contributed by atoms with van der Waals surface area (Å²) in [6.45, 7) is 2.21. The fourth-order valence-corrected chi connectivity index (χ4v) is 3.54. The lowest BCUT2D eigenvalue weighted by Gasteiger charge is -2.18. The Hall–Kier alpha value is -3.48. The first-order chi connectivity index (χ1) is 13.5. The third kappa shape index (κ3) is 3.38. The summed E-state index contributed by atoms with van der Waals surface area (Å²) in [6.07, 6.45) is 3.81. The second-order valence-electron chi connectivity index (χ2n) is 6.93. The van der Waals surface area contributed by atoms with Crippen LogP contribution in [0.4, 0.5) is 5.69 Å². The predicted molar refractivity (Wildman–Crippen MR) is 109 cm³/mol. The molecule has 7 nitrogen and oxygen atoms in total. The average Bonchev–Trinajstić information content (AvgIpc) is 3.21. The van der Waals surface area contributed by atoms with E-state index in [0.717, 1.165) is 31.6 Å². The summed E-state index contributed by atoms with van der Waals surface area (Å²) in [5.41, 5.74) is 1.82. The molecule has 0 amide bonds. The second-order valence-corrected chi connectivity index (χ2v) is 6.93. The molecule has 4 N–H and O–H groups in total. The highest BCUT2D eigenvalue weighted by Gasteiger charge is 2.15. The Morgan fingerprint density at radius 1 is 1.00 bits per heavy atom. The zero-order valence-corrected chi connectivity index (χ0v) is 15.2. The van der Waals surface area contributed by atoms with Gasteiger partial charge in [-0.3, -0.25) is 14.8 Å². The summed E-state index contributed by atoms with van der Waals surface area (Å²) in [6, 6.07) is 10.1. The molecular weight excluding hydrogens is 358 g/mol. The van der Waals surface area contributed by atoms with Crippen molar-refractivity contribution in [1.82, 2.24) is 4.98 Å². The minimum absolute atomic E-state index is 0.188. The maximum Gasteiger partial charge on any atom is 0.258 e. The monoisotopic (exact) mass is 379 g/mol. The number of aromatic hydroxyl groups is 3. The molecule has 1 fully saturated rings. The molecule has 1 aliphatic heterocycles. The summed E-state index contributed by atoms with van der Waals surface area (Å²) in [4.78, 5) is 21.3. The summed E-state index contributed by atoms with van der Waals surface area (Å²) in [5, 5.41) is 30.4. The fourth-order valence-electron chi connectivity index (χ4n) is 3.54. The maximum absolute atomic E-state index is 12.2. The van der Waals surface area contributed by atoms with Crippen LogP contribution >= 0.6 is 0 Å². The topological polar surface area (TPSA) is 109 Å². The van der Waals surface area contributed by atoms with Crippen molar-refractivity contribution >= 4 is 22.7 Å². The zero-order valence-electron chi connectivity index (χ0n) is 15.2. The number of phenols is 2. The first kappa shape index (κ1) is 17.9. The number of anilines is 1. The Morgan fingerprint density at radius 2 is 1.79 bits per heavy atom. The van der Waals surface area contributed by atoms with E-state index in [1.165, 1.54) is 18.3 Å². The molecule has 28 heavy (non-hydrogen) atoms. The number of aromatic amines is 1. The summed E-state index contributed by atoms with van der Waals surface area (Å²) < 4.78 is 0. The second kappa shape index (κ2) is 7.26. The maximum atomic E-state index is 12.2. The molecule has 4 rings (SSSR count). The van der Waals surface area contributed by atoms with Crippen LogP contribution in [0.5, 0.6) is 17.4 Å². The van der Waals surface area contributed by atoms with Crippen LogP contribution in [0.1, 0.15) is 24.0 Å². The van der Waals surface area contributed by atoms with E-state index in [2.05, 4.69) is 14.9 Å². The van der Waals surface area contributed by atoms with Gasteiger partial charge in [-0.15, -0.1) is 0 Å². The van der Waals surface area contributed by atoms with Crippen LogP contribution in [0.15, 0.2) is 46.2 Å². The Labute approximate surface area is 161 Å². The van der Waals surface area contributed by atoms with Gasteiger partial charge in [-0.05, 0) is 48.7 Å². The number of benzene rings is 2. The number of H-pyrrole nitrogens is 1. The smallest absolute Gasteiger partial charge is 0.258 e. The normalized spacial score (nSPS) is 14.4. The molecule has 1 aromatic heterocycles. The highest BCUT2D eigenvalue weighted by molar-refractivity contribution is 6.02. The van der Waals surface area contributed by atoms with Crippen molar-refractivity contribution in [3.63, 3.8) is 0 Å². The molecule has 2 heterocycles. The van der Waals surface area contributed by atoms with E-state index >= 15 is 0 Å². The largest absolute Gasteiger partial charge is 0.504 e. The van der Waals surface area contributed by atoms with Crippen LogP contribution < -0.4 is 10.5 Å². The Balaban J connectivity index is 1.70. The third-order valence-corrected chi connectivity index (χ3v) is 5.03. The molecule has 0 aliphatic carbocycles. The zero-order chi connectivity index (χ0) is 19.7. The van der Waals surface area contributed by atoms with Crippen molar-refractivity contribution < 1.29 is 15.3 Å². The van der Waals surface area contributed by atoms with Crippen molar-refractivity contribution in [3.05, 3.63) is 57.9 Å². The van der Waals surface area contributed by atoms with Gasteiger partial charge in [-0.2, -0.15) is 0 Å². The quantitative estimate of drug-likeness (QED) is 0.412. The summed E-state index contributed by atoms with van der Waals surface area (Å²) in [5.74, 6) is -0.625. The molecule has 3 aromatic rings.